The van der Waals surface area contributed by atoms with E-state index in [0.717, 1.165) is 0 Å². The summed E-state index contributed by atoms with van der Waals surface area (Å²) in [6, 6.07) is 1.38. The van der Waals surface area contributed by atoms with Gasteiger partial charge in [0.1, 0.15) is 0 Å². The summed E-state index contributed by atoms with van der Waals surface area (Å²) >= 11 is 8.72. The van der Waals surface area contributed by atoms with Crippen molar-refractivity contribution in [2.75, 3.05) is 0 Å². The molecule has 0 aliphatic carbocycles. The predicted octanol–water partition coefficient (Wildman–Crippen LogP) is 3.68. The molecule has 2 rings (SSSR count). The summed E-state index contributed by atoms with van der Waals surface area (Å²) < 4.78 is 39.2. The molecule has 7 heteroatoms. The highest BCUT2D eigenvalue weighted by Gasteiger charge is 2.52. The van der Waals surface area contributed by atoms with Crippen molar-refractivity contribution in [1.29, 1.82) is 0 Å². The largest absolute Gasteiger partial charge is 0.498 e. The summed E-state index contributed by atoms with van der Waals surface area (Å²) in [4.78, 5) is 0. The Balaban J connectivity index is 2.46. The van der Waals surface area contributed by atoms with Gasteiger partial charge < -0.3 is 9.31 Å². The average molecular weight is 353 g/mol. The topological polar surface area (TPSA) is 18.5 Å². The quantitative estimate of drug-likeness (QED) is 0.436. The minimum absolute atomic E-state index is 0.00701. The van der Waals surface area contributed by atoms with Crippen LogP contribution in [0.4, 0.5) is 8.78 Å². The predicted molar refractivity (Wildman–Crippen MR) is 74.8 cm³/mol. The van der Waals surface area contributed by atoms with Crippen molar-refractivity contribution >= 4 is 40.1 Å². The van der Waals surface area contributed by atoms with Gasteiger partial charge in [-0.05, 0) is 49.7 Å². The highest BCUT2D eigenvalue weighted by atomic mass is 79.9. The molecule has 0 saturated carbocycles. The van der Waals surface area contributed by atoms with E-state index in [2.05, 4.69) is 15.9 Å². The van der Waals surface area contributed by atoms with E-state index in [1.165, 1.54) is 6.07 Å². The van der Waals surface area contributed by atoms with Gasteiger partial charge in [-0.3, -0.25) is 0 Å². The zero-order valence-electron chi connectivity index (χ0n) is 11.0. The Bertz CT molecular complexity index is 521. The molecule has 0 spiro atoms. The third-order valence-corrected chi connectivity index (χ3v) is 4.86. The molecule has 0 unspecified atom stereocenters. The fourth-order valence-corrected chi connectivity index (χ4v) is 2.29. The Morgan fingerprint density at radius 2 is 1.58 bits per heavy atom. The number of halogens is 4. The summed E-state index contributed by atoms with van der Waals surface area (Å²) in [5.74, 6) is -2.16. The summed E-state index contributed by atoms with van der Waals surface area (Å²) in [6.07, 6.45) is 0. The van der Waals surface area contributed by atoms with Gasteiger partial charge in [0.2, 0.25) is 0 Å². The zero-order chi connectivity index (χ0) is 14.6. The number of hydrogen-bond acceptors (Lipinski definition) is 2. The van der Waals surface area contributed by atoms with Gasteiger partial charge in [0.15, 0.2) is 11.6 Å². The Labute approximate surface area is 124 Å². The zero-order valence-corrected chi connectivity index (χ0v) is 13.3. The molecule has 0 aromatic heterocycles. The summed E-state index contributed by atoms with van der Waals surface area (Å²) in [7, 11) is -0.965. The van der Waals surface area contributed by atoms with Crippen molar-refractivity contribution in [2.45, 2.75) is 38.9 Å². The lowest BCUT2D eigenvalue weighted by atomic mass is 9.78. The minimum Gasteiger partial charge on any atom is -0.399 e. The lowest BCUT2D eigenvalue weighted by Crippen LogP contribution is -2.41. The van der Waals surface area contributed by atoms with Gasteiger partial charge in [0.05, 0.1) is 16.2 Å². The first kappa shape index (κ1) is 15.2. The third kappa shape index (κ3) is 2.44. The Morgan fingerprint density at radius 3 is 2.05 bits per heavy atom. The molecule has 1 saturated heterocycles. The second kappa shape index (κ2) is 4.69. The second-order valence-electron chi connectivity index (χ2n) is 5.48. The molecule has 104 valence electrons. The normalized spacial score (nSPS) is 20.9. The van der Waals surface area contributed by atoms with Gasteiger partial charge in [-0.15, -0.1) is 0 Å². The van der Waals surface area contributed by atoms with Gasteiger partial charge in [0, 0.05) is 9.94 Å². The smallest absolute Gasteiger partial charge is 0.399 e. The van der Waals surface area contributed by atoms with Crippen LogP contribution in [0, 0.1) is 11.6 Å². The van der Waals surface area contributed by atoms with Crippen LogP contribution in [0.25, 0.3) is 0 Å². The molecule has 0 amide bonds. The number of benzene rings is 1. The molecule has 2 nitrogen and oxygen atoms in total. The molecule has 0 radical (unpaired) electrons. The second-order valence-corrected chi connectivity index (χ2v) is 6.71. The minimum atomic E-state index is -1.11. The molecule has 19 heavy (non-hydrogen) atoms. The molecular weight excluding hydrogens is 340 g/mol. The number of rotatable bonds is 1. The van der Waals surface area contributed by atoms with Crippen LogP contribution in [0.2, 0.25) is 5.02 Å². The third-order valence-electron chi connectivity index (χ3n) is 3.64. The lowest BCUT2D eigenvalue weighted by Gasteiger charge is -2.32. The van der Waals surface area contributed by atoms with Crippen LogP contribution in [-0.2, 0) is 9.31 Å². The van der Waals surface area contributed by atoms with E-state index in [4.69, 9.17) is 20.9 Å². The van der Waals surface area contributed by atoms with Crippen molar-refractivity contribution in [3.05, 3.63) is 27.2 Å². The molecule has 1 aliphatic rings. The molecule has 1 aromatic carbocycles. The summed E-state index contributed by atoms with van der Waals surface area (Å²) in [5, 5.41) is -0.294. The van der Waals surface area contributed by atoms with E-state index < -0.39 is 30.0 Å². The first-order chi connectivity index (χ1) is 8.57. The average Bonchev–Trinajstić information content (AvgIpc) is 2.50. The van der Waals surface area contributed by atoms with E-state index in [1.54, 1.807) is 0 Å². The first-order valence-electron chi connectivity index (χ1n) is 5.75. The van der Waals surface area contributed by atoms with Crippen LogP contribution in [0.15, 0.2) is 10.5 Å². The fourth-order valence-electron chi connectivity index (χ4n) is 1.73. The first-order valence-corrected chi connectivity index (χ1v) is 6.92. The van der Waals surface area contributed by atoms with Gasteiger partial charge in [0.25, 0.3) is 0 Å². The maximum Gasteiger partial charge on any atom is 0.498 e. The highest BCUT2D eigenvalue weighted by Crippen LogP contribution is 2.37. The number of hydrogen-bond donors (Lipinski definition) is 0. The summed E-state index contributed by atoms with van der Waals surface area (Å²) in [6.45, 7) is 7.36. The van der Waals surface area contributed by atoms with Crippen molar-refractivity contribution in [3.63, 3.8) is 0 Å². The van der Waals surface area contributed by atoms with Crippen LogP contribution < -0.4 is 5.46 Å². The van der Waals surface area contributed by atoms with Gasteiger partial charge in [-0.1, -0.05) is 11.6 Å². The highest BCUT2D eigenvalue weighted by molar-refractivity contribution is 9.10. The standard InChI is InChI=1S/C12H13BBrClF2O2/c1-11(2)12(3,4)19-13(18-11)6-5-7(14)8(15)10(17)9(6)16/h5H,1-4H3. The molecule has 0 atom stereocenters. The lowest BCUT2D eigenvalue weighted by molar-refractivity contribution is 0.00578. The molecule has 1 heterocycles. The van der Waals surface area contributed by atoms with E-state index >= 15 is 0 Å². The van der Waals surface area contributed by atoms with Gasteiger partial charge >= 0.3 is 7.12 Å². The molecule has 1 aliphatic heterocycles. The maximum atomic E-state index is 14.0. The van der Waals surface area contributed by atoms with Crippen LogP contribution in [0.1, 0.15) is 27.7 Å². The molecular formula is C12H13BBrClF2O2. The Morgan fingerprint density at radius 1 is 1.11 bits per heavy atom. The van der Waals surface area contributed by atoms with E-state index in [9.17, 15) is 8.78 Å². The molecule has 1 aromatic rings. The van der Waals surface area contributed by atoms with Crippen molar-refractivity contribution in [3.8, 4) is 0 Å². The van der Waals surface area contributed by atoms with Crippen LogP contribution >= 0.6 is 27.5 Å². The molecule has 0 bridgehead atoms. The van der Waals surface area contributed by atoms with Crippen molar-refractivity contribution in [1.82, 2.24) is 0 Å². The molecule has 0 N–H and O–H groups in total. The van der Waals surface area contributed by atoms with E-state index in [1.807, 2.05) is 27.7 Å². The SMILES string of the molecule is CC1(C)OB(c2cc(Br)c(Cl)c(F)c2F)OC1(C)C. The van der Waals surface area contributed by atoms with Gasteiger partial charge in [-0.25, -0.2) is 8.78 Å². The van der Waals surface area contributed by atoms with Gasteiger partial charge in [-0.2, -0.15) is 0 Å². The van der Waals surface area contributed by atoms with Crippen LogP contribution in [0.3, 0.4) is 0 Å². The molecule has 1 fully saturated rings. The fraction of sp³-hybridized carbons (Fsp3) is 0.500. The monoisotopic (exact) mass is 352 g/mol. The van der Waals surface area contributed by atoms with Crippen molar-refractivity contribution in [2.24, 2.45) is 0 Å². The Hall–Kier alpha value is -0.165. The Kier molecular flexibility index (Phi) is 3.76. The van der Waals surface area contributed by atoms with Crippen LogP contribution in [0.5, 0.6) is 0 Å². The summed E-state index contributed by atoms with van der Waals surface area (Å²) in [5.41, 5.74) is -1.24. The van der Waals surface area contributed by atoms with Crippen molar-refractivity contribution < 1.29 is 18.1 Å². The van der Waals surface area contributed by atoms with Crippen LogP contribution in [-0.4, -0.2) is 18.3 Å². The van der Waals surface area contributed by atoms with E-state index in [-0.39, 0.29) is 15.0 Å². The maximum absolute atomic E-state index is 14.0. The van der Waals surface area contributed by atoms with E-state index in [0.29, 0.717) is 0 Å².